The van der Waals surface area contributed by atoms with E-state index in [1.807, 2.05) is 6.92 Å². The standard InChI is InChI=1S/C21H21ClFN3O4S/c1-2-29-19-10-9-17(12-18(19)22)31(27,28)26-11-3-4-15(13-26)21-25-24-20(30-21)14-5-7-16(23)8-6-14/h5-10,12,15H,2-4,11,13H2,1H3/t15-/m0/s1. The Morgan fingerprint density at radius 1 is 1.23 bits per heavy atom. The highest BCUT2D eigenvalue weighted by atomic mass is 35.5. The first-order valence-electron chi connectivity index (χ1n) is 9.90. The van der Waals surface area contributed by atoms with E-state index < -0.39 is 10.0 Å². The molecule has 1 atom stereocenters. The zero-order valence-corrected chi connectivity index (χ0v) is 18.4. The molecule has 1 saturated heterocycles. The smallest absolute Gasteiger partial charge is 0.247 e. The van der Waals surface area contributed by atoms with Crippen molar-refractivity contribution in [3.8, 4) is 17.2 Å². The van der Waals surface area contributed by atoms with Crippen LogP contribution in [0.25, 0.3) is 11.5 Å². The summed E-state index contributed by atoms with van der Waals surface area (Å²) in [7, 11) is -3.75. The summed E-state index contributed by atoms with van der Waals surface area (Å²) in [6.07, 6.45) is 1.38. The minimum atomic E-state index is -3.75. The molecule has 7 nitrogen and oxygen atoms in total. The van der Waals surface area contributed by atoms with Crippen LogP contribution in [0.1, 0.15) is 31.6 Å². The Labute approximate surface area is 184 Å². The molecule has 1 aliphatic heterocycles. The highest BCUT2D eigenvalue weighted by molar-refractivity contribution is 7.89. The lowest BCUT2D eigenvalue weighted by molar-refractivity contribution is 0.286. The van der Waals surface area contributed by atoms with Gasteiger partial charge in [-0.3, -0.25) is 0 Å². The molecular formula is C21H21ClFN3O4S. The Bertz CT molecular complexity index is 1170. The van der Waals surface area contributed by atoms with E-state index in [1.54, 1.807) is 18.2 Å². The SMILES string of the molecule is CCOc1ccc(S(=O)(=O)N2CCC[C@H](c3nnc(-c4ccc(F)cc4)o3)C2)cc1Cl. The van der Waals surface area contributed by atoms with Crippen LogP contribution in [0.4, 0.5) is 4.39 Å². The molecule has 2 heterocycles. The fourth-order valence-electron chi connectivity index (χ4n) is 3.53. The van der Waals surface area contributed by atoms with Crippen LogP contribution in [0.3, 0.4) is 0 Å². The molecule has 0 saturated carbocycles. The number of halogens is 2. The average Bonchev–Trinajstić information content (AvgIpc) is 3.26. The van der Waals surface area contributed by atoms with Gasteiger partial charge in [-0.2, -0.15) is 4.31 Å². The van der Waals surface area contributed by atoms with Crippen LogP contribution in [0.5, 0.6) is 5.75 Å². The molecule has 0 N–H and O–H groups in total. The van der Waals surface area contributed by atoms with Gasteiger partial charge in [-0.15, -0.1) is 10.2 Å². The van der Waals surface area contributed by atoms with E-state index in [2.05, 4.69) is 10.2 Å². The molecule has 0 spiro atoms. The topological polar surface area (TPSA) is 85.5 Å². The van der Waals surface area contributed by atoms with Gasteiger partial charge in [-0.25, -0.2) is 12.8 Å². The van der Waals surface area contributed by atoms with Crippen molar-refractivity contribution in [3.05, 3.63) is 59.2 Å². The fraction of sp³-hybridized carbons (Fsp3) is 0.333. The lowest BCUT2D eigenvalue weighted by Gasteiger charge is -2.30. The van der Waals surface area contributed by atoms with Gasteiger partial charge in [-0.05, 0) is 62.2 Å². The predicted molar refractivity (Wildman–Crippen MR) is 113 cm³/mol. The van der Waals surface area contributed by atoms with E-state index in [1.165, 1.54) is 28.6 Å². The minimum absolute atomic E-state index is 0.110. The van der Waals surface area contributed by atoms with Crippen LogP contribution in [0, 0.1) is 5.82 Å². The molecular weight excluding hydrogens is 445 g/mol. The van der Waals surface area contributed by atoms with E-state index in [9.17, 15) is 12.8 Å². The summed E-state index contributed by atoms with van der Waals surface area (Å²) in [5.41, 5.74) is 0.601. The quantitative estimate of drug-likeness (QED) is 0.533. The molecule has 0 aliphatic carbocycles. The van der Waals surface area contributed by atoms with Crippen molar-refractivity contribution in [3.63, 3.8) is 0 Å². The third-order valence-corrected chi connectivity index (χ3v) is 7.26. The first kappa shape index (κ1) is 21.7. The van der Waals surface area contributed by atoms with E-state index >= 15 is 0 Å². The molecule has 0 unspecified atom stereocenters. The lowest BCUT2D eigenvalue weighted by atomic mass is 10.00. The van der Waals surface area contributed by atoms with Gasteiger partial charge in [0.25, 0.3) is 0 Å². The molecule has 3 aromatic rings. The van der Waals surface area contributed by atoms with Crippen molar-refractivity contribution in [1.29, 1.82) is 0 Å². The summed E-state index contributed by atoms with van der Waals surface area (Å²) in [6.45, 7) is 2.87. The molecule has 1 aromatic heterocycles. The first-order valence-corrected chi connectivity index (χ1v) is 11.7. The monoisotopic (exact) mass is 465 g/mol. The zero-order valence-electron chi connectivity index (χ0n) is 16.8. The number of sulfonamides is 1. The van der Waals surface area contributed by atoms with Crippen LogP contribution in [0.2, 0.25) is 5.02 Å². The van der Waals surface area contributed by atoms with Crippen LogP contribution < -0.4 is 4.74 Å². The molecule has 31 heavy (non-hydrogen) atoms. The number of benzene rings is 2. The second kappa shape index (κ2) is 8.94. The molecule has 0 radical (unpaired) electrons. The van der Waals surface area contributed by atoms with Gasteiger partial charge in [0.05, 0.1) is 22.4 Å². The fourth-order valence-corrected chi connectivity index (χ4v) is 5.39. The predicted octanol–water partition coefficient (Wildman–Crippen LogP) is 4.50. The number of hydrogen-bond donors (Lipinski definition) is 0. The zero-order chi connectivity index (χ0) is 22.0. The van der Waals surface area contributed by atoms with Gasteiger partial charge < -0.3 is 9.15 Å². The Hall–Kier alpha value is -2.49. The van der Waals surface area contributed by atoms with E-state index in [-0.39, 0.29) is 34.1 Å². The van der Waals surface area contributed by atoms with Crippen LogP contribution in [-0.2, 0) is 10.0 Å². The van der Waals surface area contributed by atoms with Gasteiger partial charge >= 0.3 is 0 Å². The molecule has 2 aromatic carbocycles. The minimum Gasteiger partial charge on any atom is -0.492 e. The molecule has 0 amide bonds. The average molecular weight is 466 g/mol. The Morgan fingerprint density at radius 3 is 2.71 bits per heavy atom. The molecule has 4 rings (SSSR count). The Kier molecular flexibility index (Phi) is 6.27. The molecule has 1 aliphatic rings. The van der Waals surface area contributed by atoms with E-state index in [4.69, 9.17) is 20.8 Å². The van der Waals surface area contributed by atoms with Crippen molar-refractivity contribution in [2.24, 2.45) is 0 Å². The molecule has 10 heteroatoms. The molecule has 0 bridgehead atoms. The largest absolute Gasteiger partial charge is 0.492 e. The highest BCUT2D eigenvalue weighted by Crippen LogP contribution is 2.33. The Balaban J connectivity index is 1.53. The number of rotatable bonds is 6. The van der Waals surface area contributed by atoms with Gasteiger partial charge in [-0.1, -0.05) is 11.6 Å². The van der Waals surface area contributed by atoms with E-state index in [0.717, 1.165) is 6.42 Å². The maximum Gasteiger partial charge on any atom is 0.247 e. The van der Waals surface area contributed by atoms with Crippen molar-refractivity contribution in [1.82, 2.24) is 14.5 Å². The Morgan fingerprint density at radius 2 is 2.00 bits per heavy atom. The maximum absolute atomic E-state index is 13.2. The van der Waals surface area contributed by atoms with Crippen LogP contribution in [0.15, 0.2) is 51.8 Å². The third-order valence-electron chi connectivity index (χ3n) is 5.11. The van der Waals surface area contributed by atoms with E-state index in [0.29, 0.717) is 36.8 Å². The summed E-state index contributed by atoms with van der Waals surface area (Å²) in [4.78, 5) is 0.110. The van der Waals surface area contributed by atoms with Crippen molar-refractivity contribution >= 4 is 21.6 Å². The molecule has 1 fully saturated rings. The van der Waals surface area contributed by atoms with Crippen molar-refractivity contribution in [2.75, 3.05) is 19.7 Å². The number of ether oxygens (including phenoxy) is 1. The van der Waals surface area contributed by atoms with Crippen LogP contribution in [-0.4, -0.2) is 42.6 Å². The van der Waals surface area contributed by atoms with Crippen LogP contribution >= 0.6 is 11.6 Å². The van der Waals surface area contributed by atoms with Crippen molar-refractivity contribution in [2.45, 2.75) is 30.6 Å². The van der Waals surface area contributed by atoms with Gasteiger partial charge in [0.2, 0.25) is 21.8 Å². The highest BCUT2D eigenvalue weighted by Gasteiger charge is 2.33. The summed E-state index contributed by atoms with van der Waals surface area (Å²) in [5, 5.41) is 8.39. The summed E-state index contributed by atoms with van der Waals surface area (Å²) in [5.74, 6) is 0.491. The maximum atomic E-state index is 13.2. The lowest BCUT2D eigenvalue weighted by Crippen LogP contribution is -2.39. The first-order chi connectivity index (χ1) is 14.9. The number of piperidine rings is 1. The summed E-state index contributed by atoms with van der Waals surface area (Å²) >= 11 is 6.18. The van der Waals surface area contributed by atoms with Gasteiger partial charge in [0.15, 0.2) is 0 Å². The molecule has 164 valence electrons. The second-order valence-corrected chi connectivity index (χ2v) is 9.52. The van der Waals surface area contributed by atoms with Crippen molar-refractivity contribution < 1.29 is 22.0 Å². The van der Waals surface area contributed by atoms with Gasteiger partial charge in [0, 0.05) is 18.7 Å². The third kappa shape index (κ3) is 4.58. The number of hydrogen-bond acceptors (Lipinski definition) is 6. The number of nitrogens with zero attached hydrogens (tertiary/aromatic N) is 3. The second-order valence-electron chi connectivity index (χ2n) is 7.18. The normalized spacial score (nSPS) is 17.6. The number of aromatic nitrogens is 2. The summed E-state index contributed by atoms with van der Waals surface area (Å²) in [6, 6.07) is 10.2. The summed E-state index contributed by atoms with van der Waals surface area (Å²) < 4.78 is 52.0. The van der Waals surface area contributed by atoms with Gasteiger partial charge in [0.1, 0.15) is 11.6 Å².